The van der Waals surface area contributed by atoms with E-state index in [1.807, 2.05) is 24.3 Å². The van der Waals surface area contributed by atoms with Gasteiger partial charge in [-0.15, -0.1) is 0 Å². The molecule has 0 N–H and O–H groups in total. The molecule has 1 aliphatic heterocycles. The van der Waals surface area contributed by atoms with Crippen molar-refractivity contribution in [2.45, 2.75) is 19.5 Å². The summed E-state index contributed by atoms with van der Waals surface area (Å²) in [6.45, 7) is 4.33. The quantitative estimate of drug-likeness (QED) is 0.575. The Morgan fingerprint density at radius 2 is 1.76 bits per heavy atom. The van der Waals surface area contributed by atoms with Crippen LogP contribution in [0.15, 0.2) is 54.7 Å². The van der Waals surface area contributed by atoms with E-state index in [4.69, 9.17) is 4.74 Å². The molecular formula is C24H25F3N4O2. The van der Waals surface area contributed by atoms with E-state index in [2.05, 4.69) is 10.00 Å². The second-order valence-electron chi connectivity index (χ2n) is 7.93. The minimum Gasteiger partial charge on any atom is -0.497 e. The predicted octanol–water partition coefficient (Wildman–Crippen LogP) is 4.56. The van der Waals surface area contributed by atoms with Crippen LogP contribution in [0.1, 0.15) is 28.0 Å². The number of carbonyl (C=O) groups excluding carboxylic acids is 1. The molecule has 0 bridgehead atoms. The maximum absolute atomic E-state index is 13.2. The number of amides is 1. The van der Waals surface area contributed by atoms with Crippen LogP contribution in [-0.2, 0) is 6.18 Å². The SMILES string of the molecule is COc1ccc(N2CCCN(C(=O)c3cnn(-c4cccc(C(F)(F)F)c4)c3C)CC2)cc1. The number of aromatic nitrogens is 2. The van der Waals surface area contributed by atoms with E-state index >= 15 is 0 Å². The highest BCUT2D eigenvalue weighted by Gasteiger charge is 2.31. The Bertz CT molecular complexity index is 1130. The van der Waals surface area contributed by atoms with E-state index in [1.54, 1.807) is 25.0 Å². The summed E-state index contributed by atoms with van der Waals surface area (Å²) in [7, 11) is 1.63. The van der Waals surface area contributed by atoms with Crippen molar-refractivity contribution in [3.05, 3.63) is 71.5 Å². The number of benzene rings is 2. The van der Waals surface area contributed by atoms with Gasteiger partial charge in [-0.25, -0.2) is 4.68 Å². The monoisotopic (exact) mass is 458 g/mol. The zero-order chi connectivity index (χ0) is 23.6. The lowest BCUT2D eigenvalue weighted by Gasteiger charge is -2.24. The predicted molar refractivity (Wildman–Crippen MR) is 119 cm³/mol. The fraction of sp³-hybridized carbons (Fsp3) is 0.333. The van der Waals surface area contributed by atoms with Crippen molar-refractivity contribution in [2.75, 3.05) is 38.2 Å². The normalized spacial score (nSPS) is 14.8. The molecule has 1 aromatic heterocycles. The summed E-state index contributed by atoms with van der Waals surface area (Å²) < 4.78 is 45.9. The van der Waals surface area contributed by atoms with Crippen LogP contribution in [0.4, 0.5) is 18.9 Å². The minimum atomic E-state index is -4.45. The molecule has 33 heavy (non-hydrogen) atoms. The average Bonchev–Trinajstić information content (AvgIpc) is 3.03. The van der Waals surface area contributed by atoms with Gasteiger partial charge in [0.15, 0.2) is 0 Å². The molecule has 0 unspecified atom stereocenters. The lowest BCUT2D eigenvalue weighted by molar-refractivity contribution is -0.137. The number of hydrogen-bond donors (Lipinski definition) is 0. The molecule has 174 valence electrons. The molecule has 1 fully saturated rings. The van der Waals surface area contributed by atoms with Crippen molar-refractivity contribution >= 4 is 11.6 Å². The molecular weight excluding hydrogens is 433 g/mol. The third-order valence-electron chi connectivity index (χ3n) is 5.88. The van der Waals surface area contributed by atoms with Crippen LogP contribution >= 0.6 is 0 Å². The van der Waals surface area contributed by atoms with Gasteiger partial charge in [0.1, 0.15) is 5.75 Å². The van der Waals surface area contributed by atoms with Crippen molar-refractivity contribution in [1.29, 1.82) is 0 Å². The molecule has 9 heteroatoms. The maximum atomic E-state index is 13.2. The second kappa shape index (κ2) is 9.17. The summed E-state index contributed by atoms with van der Waals surface area (Å²) in [6, 6.07) is 12.8. The molecule has 0 saturated carbocycles. The topological polar surface area (TPSA) is 50.6 Å². The molecule has 2 aromatic carbocycles. The summed E-state index contributed by atoms with van der Waals surface area (Å²) in [5, 5.41) is 4.21. The summed E-state index contributed by atoms with van der Waals surface area (Å²) in [5.74, 6) is 0.626. The van der Waals surface area contributed by atoms with Crippen LogP contribution in [0.3, 0.4) is 0 Å². The first-order valence-corrected chi connectivity index (χ1v) is 10.7. The van der Waals surface area contributed by atoms with E-state index in [0.29, 0.717) is 30.9 Å². The highest BCUT2D eigenvalue weighted by molar-refractivity contribution is 5.95. The number of rotatable bonds is 4. The first-order valence-electron chi connectivity index (χ1n) is 10.7. The van der Waals surface area contributed by atoms with Gasteiger partial charge in [0.05, 0.1) is 35.8 Å². The van der Waals surface area contributed by atoms with Gasteiger partial charge in [-0.1, -0.05) is 6.07 Å². The number of nitrogens with zero attached hydrogens (tertiary/aromatic N) is 4. The number of methoxy groups -OCH3 is 1. The average molecular weight is 458 g/mol. The Hall–Kier alpha value is -3.49. The molecule has 2 heterocycles. The number of halogens is 3. The number of hydrogen-bond acceptors (Lipinski definition) is 4. The molecule has 4 rings (SSSR count). The molecule has 1 saturated heterocycles. The zero-order valence-electron chi connectivity index (χ0n) is 18.5. The van der Waals surface area contributed by atoms with Crippen LogP contribution in [0.5, 0.6) is 5.75 Å². The van der Waals surface area contributed by atoms with Crippen molar-refractivity contribution in [3.63, 3.8) is 0 Å². The van der Waals surface area contributed by atoms with Gasteiger partial charge in [-0.3, -0.25) is 4.79 Å². The first-order chi connectivity index (χ1) is 15.8. The van der Waals surface area contributed by atoms with E-state index in [-0.39, 0.29) is 11.6 Å². The lowest BCUT2D eigenvalue weighted by atomic mass is 10.2. The molecule has 0 radical (unpaired) electrons. The van der Waals surface area contributed by atoms with Crippen LogP contribution in [0.2, 0.25) is 0 Å². The highest BCUT2D eigenvalue weighted by Crippen LogP contribution is 2.30. The Labute approximate surface area is 190 Å². The minimum absolute atomic E-state index is 0.165. The Balaban J connectivity index is 1.49. The highest BCUT2D eigenvalue weighted by atomic mass is 19.4. The van der Waals surface area contributed by atoms with Gasteiger partial charge < -0.3 is 14.5 Å². The molecule has 1 amide bonds. The number of carbonyl (C=O) groups is 1. The summed E-state index contributed by atoms with van der Waals surface area (Å²) in [6.07, 6.45) is -2.21. The lowest BCUT2D eigenvalue weighted by Crippen LogP contribution is -2.35. The van der Waals surface area contributed by atoms with E-state index in [0.717, 1.165) is 36.5 Å². The summed E-state index contributed by atoms with van der Waals surface area (Å²) in [4.78, 5) is 17.2. The van der Waals surface area contributed by atoms with Gasteiger partial charge in [0, 0.05) is 31.9 Å². The first kappa shape index (κ1) is 22.7. The van der Waals surface area contributed by atoms with Crippen LogP contribution in [0.25, 0.3) is 5.69 Å². The molecule has 0 spiro atoms. The van der Waals surface area contributed by atoms with Gasteiger partial charge in [-0.2, -0.15) is 18.3 Å². The number of ether oxygens (including phenoxy) is 1. The van der Waals surface area contributed by atoms with Gasteiger partial charge in [0.2, 0.25) is 0 Å². The van der Waals surface area contributed by atoms with Crippen LogP contribution in [-0.4, -0.2) is 53.9 Å². The number of anilines is 1. The molecule has 1 aliphatic rings. The standard InChI is InChI=1S/C24H25F3N4O2/c1-17-22(16-28-31(17)20-6-3-5-18(15-20)24(25,26)27)23(32)30-12-4-11-29(13-14-30)19-7-9-21(33-2)10-8-19/h3,5-10,15-16H,4,11-14H2,1-2H3. The van der Waals surface area contributed by atoms with Crippen molar-refractivity contribution < 1.29 is 22.7 Å². The van der Waals surface area contributed by atoms with Crippen molar-refractivity contribution in [3.8, 4) is 11.4 Å². The largest absolute Gasteiger partial charge is 0.497 e. The maximum Gasteiger partial charge on any atom is 0.416 e. The van der Waals surface area contributed by atoms with Crippen molar-refractivity contribution in [2.24, 2.45) is 0 Å². The van der Waals surface area contributed by atoms with Gasteiger partial charge in [-0.05, 0) is 55.8 Å². The fourth-order valence-corrected chi connectivity index (χ4v) is 4.04. The molecule has 0 atom stereocenters. The molecule has 6 nitrogen and oxygen atoms in total. The smallest absolute Gasteiger partial charge is 0.416 e. The summed E-state index contributed by atoms with van der Waals surface area (Å²) >= 11 is 0. The van der Waals surface area contributed by atoms with Crippen molar-refractivity contribution in [1.82, 2.24) is 14.7 Å². The van der Waals surface area contributed by atoms with E-state index in [9.17, 15) is 18.0 Å². The van der Waals surface area contributed by atoms with Crippen LogP contribution < -0.4 is 9.64 Å². The third kappa shape index (κ3) is 4.81. The number of alkyl halides is 3. The zero-order valence-corrected chi connectivity index (χ0v) is 18.5. The van der Waals surface area contributed by atoms with E-state index in [1.165, 1.54) is 16.9 Å². The second-order valence-corrected chi connectivity index (χ2v) is 7.93. The van der Waals surface area contributed by atoms with Gasteiger partial charge >= 0.3 is 6.18 Å². The van der Waals surface area contributed by atoms with Gasteiger partial charge in [0.25, 0.3) is 5.91 Å². The molecule has 0 aliphatic carbocycles. The van der Waals surface area contributed by atoms with E-state index < -0.39 is 11.7 Å². The third-order valence-corrected chi connectivity index (χ3v) is 5.88. The molecule has 3 aromatic rings. The Morgan fingerprint density at radius 1 is 1.00 bits per heavy atom. The Kier molecular flexibility index (Phi) is 6.31. The Morgan fingerprint density at radius 3 is 2.45 bits per heavy atom. The van der Waals surface area contributed by atoms with Crippen LogP contribution in [0, 0.1) is 6.92 Å². The summed E-state index contributed by atoms with van der Waals surface area (Å²) in [5.41, 5.74) is 1.48. The fourth-order valence-electron chi connectivity index (χ4n) is 4.04.